The number of para-hydroxylation sites is 2. The molecule has 3 N–H and O–H groups in total. The Balaban J connectivity index is 1.65. The van der Waals surface area contributed by atoms with Crippen molar-refractivity contribution in [3.05, 3.63) is 87.1 Å². The molecule has 0 atom stereocenters. The summed E-state index contributed by atoms with van der Waals surface area (Å²) >= 11 is 7.97. The van der Waals surface area contributed by atoms with Crippen LogP contribution in [0.5, 0.6) is 0 Å². The van der Waals surface area contributed by atoms with Crippen LogP contribution in [0.4, 0.5) is 5.82 Å². The fraction of sp³-hybridized carbons (Fsp3) is 0.0870. The van der Waals surface area contributed by atoms with Gasteiger partial charge in [-0.1, -0.05) is 48.0 Å². The van der Waals surface area contributed by atoms with E-state index >= 15 is 0 Å². The first-order chi connectivity index (χ1) is 15.1. The van der Waals surface area contributed by atoms with Gasteiger partial charge in [-0.3, -0.25) is 4.79 Å². The van der Waals surface area contributed by atoms with Crippen molar-refractivity contribution in [2.45, 2.75) is 13.1 Å². The highest BCUT2D eigenvalue weighted by Gasteiger charge is 2.24. The number of hydrogen-bond acceptors (Lipinski definition) is 5. The molecule has 0 spiro atoms. The lowest BCUT2D eigenvalue weighted by Gasteiger charge is -2.09. The number of halogens is 1. The van der Waals surface area contributed by atoms with Crippen LogP contribution in [0.2, 0.25) is 5.02 Å². The lowest BCUT2D eigenvalue weighted by atomic mass is 10.2. The number of thiophene rings is 1. The first-order valence-corrected chi connectivity index (χ1v) is 11.0. The van der Waals surface area contributed by atoms with E-state index in [0.717, 1.165) is 16.0 Å². The Labute approximate surface area is 187 Å². The lowest BCUT2D eigenvalue weighted by molar-refractivity contribution is 0.0953. The minimum atomic E-state index is -0.279. The lowest BCUT2D eigenvalue weighted by Crippen LogP contribution is -2.23. The fourth-order valence-electron chi connectivity index (χ4n) is 3.57. The molecule has 2 aromatic carbocycles. The molecule has 1 amide bonds. The minimum absolute atomic E-state index is 0.279. The summed E-state index contributed by atoms with van der Waals surface area (Å²) in [5.41, 5.74) is 10.2. The molecule has 0 fully saturated rings. The summed E-state index contributed by atoms with van der Waals surface area (Å²) in [5, 5.41) is 5.56. The van der Waals surface area contributed by atoms with Crippen LogP contribution in [-0.4, -0.2) is 20.4 Å². The summed E-state index contributed by atoms with van der Waals surface area (Å²) < 4.78 is 1.80. The average Bonchev–Trinajstić information content (AvgIpc) is 3.39. The smallest absolute Gasteiger partial charge is 0.257 e. The van der Waals surface area contributed by atoms with Gasteiger partial charge in [-0.15, -0.1) is 11.3 Å². The van der Waals surface area contributed by atoms with Crippen molar-refractivity contribution < 1.29 is 4.79 Å². The molecule has 3 heterocycles. The largest absolute Gasteiger partial charge is 0.384 e. The molecule has 0 aliphatic carbocycles. The van der Waals surface area contributed by atoms with Gasteiger partial charge < -0.3 is 15.6 Å². The minimum Gasteiger partial charge on any atom is -0.384 e. The third-order valence-electron chi connectivity index (χ3n) is 5.11. The predicted octanol–water partition coefficient (Wildman–Crippen LogP) is 4.86. The van der Waals surface area contributed by atoms with Crippen LogP contribution in [-0.2, 0) is 13.1 Å². The van der Waals surface area contributed by atoms with Crippen molar-refractivity contribution in [2.75, 3.05) is 5.73 Å². The van der Waals surface area contributed by atoms with E-state index in [2.05, 4.69) is 5.32 Å². The van der Waals surface area contributed by atoms with Crippen molar-refractivity contribution in [2.24, 2.45) is 0 Å². The summed E-state index contributed by atoms with van der Waals surface area (Å²) in [4.78, 5) is 23.7. The molecule has 3 aromatic heterocycles. The number of rotatable bonds is 5. The monoisotopic (exact) mass is 447 g/mol. The Morgan fingerprint density at radius 1 is 1.03 bits per heavy atom. The van der Waals surface area contributed by atoms with Crippen molar-refractivity contribution >= 4 is 56.9 Å². The summed E-state index contributed by atoms with van der Waals surface area (Å²) in [7, 11) is 0. The Hall–Kier alpha value is -3.42. The third kappa shape index (κ3) is 3.62. The van der Waals surface area contributed by atoms with Crippen LogP contribution < -0.4 is 11.1 Å². The molecule has 0 aliphatic rings. The molecular formula is C23H18ClN5OS. The van der Waals surface area contributed by atoms with Crippen LogP contribution >= 0.6 is 22.9 Å². The number of benzene rings is 2. The van der Waals surface area contributed by atoms with E-state index < -0.39 is 0 Å². The molecule has 6 nitrogen and oxygen atoms in total. The van der Waals surface area contributed by atoms with Crippen molar-refractivity contribution in [1.82, 2.24) is 19.9 Å². The van der Waals surface area contributed by atoms with E-state index in [1.807, 2.05) is 66.0 Å². The fourth-order valence-corrected chi connectivity index (χ4v) is 4.41. The number of nitrogens with two attached hydrogens (primary N) is 1. The average molecular weight is 448 g/mol. The standard InChI is InChI=1S/C23H18ClN5OS/c24-16-8-2-1-6-14(16)13-29-21(25)19(23(30)26-12-15-7-5-11-31-15)20-22(29)28-18-10-4-3-9-17(18)27-20/h1-11H,12-13,25H2,(H,26,30). The zero-order chi connectivity index (χ0) is 21.4. The summed E-state index contributed by atoms with van der Waals surface area (Å²) in [5.74, 6) is 0.0345. The second-order valence-electron chi connectivity index (χ2n) is 7.08. The summed E-state index contributed by atoms with van der Waals surface area (Å²) in [6, 6.07) is 19.0. The second-order valence-corrected chi connectivity index (χ2v) is 8.52. The zero-order valence-corrected chi connectivity index (χ0v) is 18.0. The molecule has 8 heteroatoms. The van der Waals surface area contributed by atoms with Gasteiger partial charge in [0.25, 0.3) is 5.91 Å². The SMILES string of the molecule is Nc1c(C(=O)NCc2cccs2)c2nc3ccccc3nc2n1Cc1ccccc1Cl. The van der Waals surface area contributed by atoms with E-state index in [0.29, 0.717) is 46.2 Å². The Kier molecular flexibility index (Phi) is 5.05. The highest BCUT2D eigenvalue weighted by molar-refractivity contribution is 7.09. The highest BCUT2D eigenvalue weighted by Crippen LogP contribution is 2.30. The van der Waals surface area contributed by atoms with E-state index in [4.69, 9.17) is 27.3 Å². The van der Waals surface area contributed by atoms with Gasteiger partial charge in [0.2, 0.25) is 0 Å². The van der Waals surface area contributed by atoms with Gasteiger partial charge in [-0.25, -0.2) is 9.97 Å². The van der Waals surface area contributed by atoms with Crippen LogP contribution in [0.25, 0.3) is 22.2 Å². The van der Waals surface area contributed by atoms with E-state index in [-0.39, 0.29) is 5.91 Å². The molecule has 154 valence electrons. The van der Waals surface area contributed by atoms with E-state index in [1.54, 1.807) is 15.9 Å². The van der Waals surface area contributed by atoms with Gasteiger partial charge in [0.15, 0.2) is 5.65 Å². The molecule has 31 heavy (non-hydrogen) atoms. The zero-order valence-electron chi connectivity index (χ0n) is 16.4. The molecule has 0 radical (unpaired) electrons. The van der Waals surface area contributed by atoms with Crippen LogP contribution in [0, 0.1) is 0 Å². The molecule has 0 saturated carbocycles. The summed E-state index contributed by atoms with van der Waals surface area (Å²) in [6.07, 6.45) is 0. The topological polar surface area (TPSA) is 85.8 Å². The van der Waals surface area contributed by atoms with Gasteiger partial charge in [0.1, 0.15) is 16.9 Å². The first kappa shape index (κ1) is 19.5. The Bertz CT molecular complexity index is 1410. The number of nitrogens with one attached hydrogen (secondary N) is 1. The number of aromatic nitrogens is 3. The van der Waals surface area contributed by atoms with Gasteiger partial charge in [0, 0.05) is 9.90 Å². The number of carbonyl (C=O) groups excluding carboxylic acids is 1. The number of nitrogens with zero attached hydrogens (tertiary/aromatic N) is 3. The van der Waals surface area contributed by atoms with E-state index in [1.165, 1.54) is 0 Å². The number of hydrogen-bond donors (Lipinski definition) is 2. The Morgan fingerprint density at radius 2 is 1.77 bits per heavy atom. The van der Waals surface area contributed by atoms with E-state index in [9.17, 15) is 4.79 Å². The molecule has 0 bridgehead atoms. The summed E-state index contributed by atoms with van der Waals surface area (Å²) in [6.45, 7) is 0.807. The highest BCUT2D eigenvalue weighted by atomic mass is 35.5. The molecule has 0 saturated heterocycles. The van der Waals surface area contributed by atoms with Crippen LogP contribution in [0.1, 0.15) is 20.8 Å². The van der Waals surface area contributed by atoms with Crippen LogP contribution in [0.15, 0.2) is 66.0 Å². The third-order valence-corrected chi connectivity index (χ3v) is 6.35. The molecule has 5 rings (SSSR count). The molecule has 0 aliphatic heterocycles. The van der Waals surface area contributed by atoms with Crippen molar-refractivity contribution in [3.63, 3.8) is 0 Å². The molecule has 5 aromatic rings. The van der Waals surface area contributed by atoms with Gasteiger partial charge in [0.05, 0.1) is 24.1 Å². The quantitative estimate of drug-likeness (QED) is 0.403. The number of anilines is 1. The number of carbonyl (C=O) groups is 1. The maximum atomic E-state index is 13.1. The maximum Gasteiger partial charge on any atom is 0.257 e. The second kappa shape index (κ2) is 8.02. The van der Waals surface area contributed by atoms with Crippen molar-refractivity contribution in [1.29, 1.82) is 0 Å². The molecular weight excluding hydrogens is 430 g/mol. The van der Waals surface area contributed by atoms with Crippen LogP contribution in [0.3, 0.4) is 0 Å². The maximum absolute atomic E-state index is 13.1. The van der Waals surface area contributed by atoms with Gasteiger partial charge in [-0.2, -0.15) is 0 Å². The normalized spacial score (nSPS) is 11.3. The number of nitrogen functional groups attached to an aromatic ring is 1. The number of amides is 1. The van der Waals surface area contributed by atoms with Gasteiger partial charge >= 0.3 is 0 Å². The Morgan fingerprint density at radius 3 is 2.52 bits per heavy atom. The van der Waals surface area contributed by atoms with Crippen molar-refractivity contribution in [3.8, 4) is 0 Å². The predicted molar refractivity (Wildman–Crippen MR) is 125 cm³/mol. The first-order valence-electron chi connectivity index (χ1n) is 9.70. The van der Waals surface area contributed by atoms with Gasteiger partial charge in [-0.05, 0) is 35.2 Å². The number of fused-ring (bicyclic) bond motifs is 2. The molecule has 0 unspecified atom stereocenters.